The van der Waals surface area contributed by atoms with E-state index in [9.17, 15) is 5.11 Å². The van der Waals surface area contributed by atoms with Gasteiger partial charge in [-0.2, -0.15) is 0 Å². The van der Waals surface area contributed by atoms with Gasteiger partial charge in [0.25, 0.3) is 0 Å². The minimum Gasteiger partial charge on any atom is -0.390 e. The normalized spacial score (nSPS) is 15.1. The average Bonchev–Trinajstić information content (AvgIpc) is 3.26. The molecule has 0 unspecified atom stereocenters. The zero-order valence-corrected chi connectivity index (χ0v) is 24.2. The van der Waals surface area contributed by atoms with Gasteiger partial charge in [0, 0.05) is 19.3 Å². The number of hydrogen-bond donors (Lipinski definition) is 1. The van der Waals surface area contributed by atoms with Crippen molar-refractivity contribution in [1.29, 1.82) is 0 Å². The molecule has 0 saturated carbocycles. The molecular formula is C29H52N6O. The van der Waals surface area contributed by atoms with Crippen molar-refractivity contribution in [1.82, 2.24) is 29.2 Å². The highest BCUT2D eigenvalue weighted by Gasteiger charge is 2.26. The number of allylic oxidation sites excluding steroid dienone is 2. The van der Waals surface area contributed by atoms with E-state index < -0.39 is 0 Å². The van der Waals surface area contributed by atoms with Crippen LogP contribution in [0.3, 0.4) is 0 Å². The second-order valence-electron chi connectivity index (χ2n) is 9.49. The molecular weight excluding hydrogens is 448 g/mol. The van der Waals surface area contributed by atoms with Crippen molar-refractivity contribution >= 4 is 0 Å². The quantitative estimate of drug-likeness (QED) is 0.432. The van der Waals surface area contributed by atoms with Crippen LogP contribution in [0.15, 0.2) is 36.8 Å². The highest BCUT2D eigenvalue weighted by Crippen LogP contribution is 2.32. The summed E-state index contributed by atoms with van der Waals surface area (Å²) in [5.74, 6) is 0. The summed E-state index contributed by atoms with van der Waals surface area (Å²) in [6.07, 6.45) is 13.6. The maximum atomic E-state index is 10.0. The van der Waals surface area contributed by atoms with E-state index >= 15 is 0 Å². The maximum Gasteiger partial charge on any atom is 0.0964 e. The van der Waals surface area contributed by atoms with Crippen LogP contribution in [-0.4, -0.2) is 75.6 Å². The predicted molar refractivity (Wildman–Crippen MR) is 152 cm³/mol. The number of rotatable bonds is 11. The minimum absolute atomic E-state index is 0.00815. The standard InChI is InChI=1S/C22H36N6O.C5H10.C2H6/c1-25(2)12-7-13-26(3)17-28-16-24-19(21(28)15-29)14-27(4)20-10-5-8-18-9-6-11-23-22(18)20;1-3-5-4-2;1-2/h6,9,11,16,20,29H,5,7-8,10,12-15,17H2,1-4H3;3,5H,4H2,1-2H3;1-2H3/b;5-3-;/t20-;;/m0../s1. The predicted octanol–water partition coefficient (Wildman–Crippen LogP) is 5.12. The Bertz CT molecular complexity index is 863. The molecule has 0 aromatic carbocycles. The Balaban J connectivity index is 0.000000826. The third-order valence-corrected chi connectivity index (χ3v) is 6.29. The van der Waals surface area contributed by atoms with Crippen molar-refractivity contribution in [3.8, 4) is 0 Å². The van der Waals surface area contributed by atoms with Gasteiger partial charge in [-0.15, -0.1) is 0 Å². The SMILES string of the molecule is C/C=C\CC.CC.CN(C)CCCN(C)Cn1cnc(CN(C)[C@H]2CCCc3cccnc32)c1CO. The van der Waals surface area contributed by atoms with Gasteiger partial charge >= 0.3 is 0 Å². The van der Waals surface area contributed by atoms with Gasteiger partial charge in [-0.3, -0.25) is 14.8 Å². The molecule has 1 aliphatic rings. The fraction of sp³-hybridized carbons (Fsp3) is 0.655. The molecule has 36 heavy (non-hydrogen) atoms. The molecule has 0 saturated heterocycles. The molecule has 2 aromatic heterocycles. The number of fused-ring (bicyclic) bond motifs is 1. The Morgan fingerprint density at radius 1 is 1.14 bits per heavy atom. The number of pyridine rings is 1. The van der Waals surface area contributed by atoms with Gasteiger partial charge in [0.2, 0.25) is 0 Å². The number of imidazole rings is 1. The van der Waals surface area contributed by atoms with E-state index in [1.54, 1.807) is 0 Å². The van der Waals surface area contributed by atoms with Crippen LogP contribution >= 0.6 is 0 Å². The van der Waals surface area contributed by atoms with Crippen molar-refractivity contribution in [2.75, 3.05) is 41.3 Å². The zero-order valence-electron chi connectivity index (χ0n) is 24.2. The first-order valence-corrected chi connectivity index (χ1v) is 13.6. The smallest absolute Gasteiger partial charge is 0.0964 e. The monoisotopic (exact) mass is 500 g/mol. The third-order valence-electron chi connectivity index (χ3n) is 6.29. The summed E-state index contributed by atoms with van der Waals surface area (Å²) >= 11 is 0. The minimum atomic E-state index is 0.00815. The lowest BCUT2D eigenvalue weighted by Crippen LogP contribution is -2.29. The number of hydrogen-bond acceptors (Lipinski definition) is 6. The van der Waals surface area contributed by atoms with Crippen LogP contribution in [0.25, 0.3) is 0 Å². The van der Waals surface area contributed by atoms with E-state index in [0.29, 0.717) is 12.6 Å². The van der Waals surface area contributed by atoms with Gasteiger partial charge < -0.3 is 14.6 Å². The van der Waals surface area contributed by atoms with E-state index in [1.807, 2.05) is 39.4 Å². The zero-order chi connectivity index (χ0) is 26.9. The van der Waals surface area contributed by atoms with Gasteiger partial charge in [0.1, 0.15) is 0 Å². The molecule has 0 amide bonds. The van der Waals surface area contributed by atoms with E-state index in [4.69, 9.17) is 0 Å². The van der Waals surface area contributed by atoms with Crippen LogP contribution in [0.4, 0.5) is 0 Å². The molecule has 0 bridgehead atoms. The first-order valence-electron chi connectivity index (χ1n) is 13.6. The summed E-state index contributed by atoms with van der Waals surface area (Å²) in [5.41, 5.74) is 4.43. The van der Waals surface area contributed by atoms with Crippen LogP contribution in [0.1, 0.15) is 82.1 Å². The molecule has 7 nitrogen and oxygen atoms in total. The van der Waals surface area contributed by atoms with Gasteiger partial charge in [0.05, 0.1) is 42.7 Å². The first-order chi connectivity index (χ1) is 17.4. The topological polar surface area (TPSA) is 60.7 Å². The fourth-order valence-electron chi connectivity index (χ4n) is 4.47. The molecule has 0 aliphatic heterocycles. The molecule has 204 valence electrons. The molecule has 0 radical (unpaired) electrons. The van der Waals surface area contributed by atoms with Gasteiger partial charge in [-0.25, -0.2) is 4.98 Å². The summed E-state index contributed by atoms with van der Waals surface area (Å²) in [5, 5.41) is 10.0. The third kappa shape index (κ3) is 10.5. The van der Waals surface area contributed by atoms with Crippen LogP contribution in [0, 0.1) is 0 Å². The number of aryl methyl sites for hydroxylation is 1. The number of aliphatic hydroxyl groups excluding tert-OH is 1. The fourth-order valence-corrected chi connectivity index (χ4v) is 4.47. The molecule has 1 atom stereocenters. The Hall–Kier alpha value is -2.06. The highest BCUT2D eigenvalue weighted by molar-refractivity contribution is 5.26. The first kappa shape index (κ1) is 32.0. The number of aromatic nitrogens is 3. The Morgan fingerprint density at radius 2 is 1.89 bits per heavy atom. The van der Waals surface area contributed by atoms with Crippen molar-refractivity contribution in [3.05, 3.63) is 59.5 Å². The number of aliphatic hydroxyl groups is 1. The van der Waals surface area contributed by atoms with Gasteiger partial charge in [0.15, 0.2) is 0 Å². The molecule has 0 fully saturated rings. The van der Waals surface area contributed by atoms with Gasteiger partial charge in [-0.1, -0.05) is 39.0 Å². The summed E-state index contributed by atoms with van der Waals surface area (Å²) in [6.45, 7) is 11.7. The van der Waals surface area contributed by atoms with Crippen molar-refractivity contribution in [3.63, 3.8) is 0 Å². The van der Waals surface area contributed by atoms with Crippen LogP contribution in [-0.2, 0) is 26.2 Å². The highest BCUT2D eigenvalue weighted by atomic mass is 16.3. The molecule has 3 rings (SSSR count). The lowest BCUT2D eigenvalue weighted by atomic mass is 9.91. The Kier molecular flexibility index (Phi) is 16.2. The molecule has 1 aliphatic carbocycles. The van der Waals surface area contributed by atoms with Crippen molar-refractivity contribution in [2.24, 2.45) is 0 Å². The summed E-state index contributed by atoms with van der Waals surface area (Å²) in [7, 11) is 8.46. The summed E-state index contributed by atoms with van der Waals surface area (Å²) in [4.78, 5) is 16.1. The van der Waals surface area contributed by atoms with E-state index in [-0.39, 0.29) is 6.61 Å². The van der Waals surface area contributed by atoms with Crippen LogP contribution in [0.2, 0.25) is 0 Å². The van der Waals surface area contributed by atoms with E-state index in [0.717, 1.165) is 56.8 Å². The summed E-state index contributed by atoms with van der Waals surface area (Å²) in [6, 6.07) is 4.54. The number of nitrogens with zero attached hydrogens (tertiary/aromatic N) is 6. The Labute approximate surface area is 220 Å². The summed E-state index contributed by atoms with van der Waals surface area (Å²) < 4.78 is 2.08. The van der Waals surface area contributed by atoms with Crippen LogP contribution < -0.4 is 0 Å². The molecule has 2 heterocycles. The molecule has 7 heteroatoms. The largest absolute Gasteiger partial charge is 0.390 e. The van der Waals surface area contributed by atoms with E-state index in [1.165, 1.54) is 17.7 Å². The van der Waals surface area contributed by atoms with Gasteiger partial charge in [-0.05, 0) is 85.4 Å². The molecule has 0 spiro atoms. The lowest BCUT2D eigenvalue weighted by Gasteiger charge is -2.32. The van der Waals surface area contributed by atoms with E-state index in [2.05, 4.69) is 82.6 Å². The average molecular weight is 501 g/mol. The second kappa shape index (κ2) is 18.2. The second-order valence-corrected chi connectivity index (χ2v) is 9.49. The molecule has 2 aromatic rings. The molecule has 1 N–H and O–H groups in total. The van der Waals surface area contributed by atoms with Crippen LogP contribution in [0.5, 0.6) is 0 Å². The van der Waals surface area contributed by atoms with Crippen molar-refractivity contribution < 1.29 is 5.11 Å². The van der Waals surface area contributed by atoms with Crippen molar-refractivity contribution in [2.45, 2.75) is 85.7 Å². The maximum absolute atomic E-state index is 10.0. The lowest BCUT2D eigenvalue weighted by molar-refractivity contribution is 0.200. The Morgan fingerprint density at radius 3 is 2.50 bits per heavy atom.